The fourth-order valence-electron chi connectivity index (χ4n) is 4.31. The van der Waals surface area contributed by atoms with Crippen molar-refractivity contribution in [1.82, 2.24) is 34.6 Å². The molecule has 0 bridgehead atoms. The monoisotopic (exact) mass is 579 g/mol. The standard InChI is InChI=1S/C26H28FN9O2P2/c1-14-4-5-18(24(39)40)21(22(14)27)19-11-28-12-20(33-19)23(37)32-17-10-31-36(13-17)15(2)16-8-29-25(30-9-16)35-7-6-34(3)26(35)38/h4-5,8-13,15,24H,6-7,39-40H2,1-3H3,(H,32,37). The molecule has 3 atom stereocenters. The maximum atomic E-state index is 15.1. The molecule has 0 radical (unpaired) electrons. The van der Waals surface area contributed by atoms with Crippen molar-refractivity contribution in [2.45, 2.75) is 25.3 Å². The van der Waals surface area contributed by atoms with Crippen molar-refractivity contribution in [2.75, 3.05) is 30.4 Å². The van der Waals surface area contributed by atoms with E-state index in [9.17, 15) is 9.59 Å². The second-order valence-electron chi connectivity index (χ2n) is 9.49. The van der Waals surface area contributed by atoms with Gasteiger partial charge in [0, 0.05) is 55.3 Å². The molecule has 3 aromatic heterocycles. The summed E-state index contributed by atoms with van der Waals surface area (Å²) in [5, 5.41) is 7.03. The van der Waals surface area contributed by atoms with E-state index in [0.29, 0.717) is 35.9 Å². The molecule has 5 rings (SSSR count). The van der Waals surface area contributed by atoms with Crippen LogP contribution in [0.4, 0.5) is 20.8 Å². The van der Waals surface area contributed by atoms with Gasteiger partial charge in [-0.15, -0.1) is 18.5 Å². The fraction of sp³-hybridized carbons (Fsp3) is 0.269. The molecule has 1 saturated heterocycles. The van der Waals surface area contributed by atoms with E-state index in [-0.39, 0.29) is 28.9 Å². The average Bonchev–Trinajstić information content (AvgIpc) is 3.55. The first-order valence-corrected chi connectivity index (χ1v) is 13.8. The third-order valence-corrected chi connectivity index (χ3v) is 7.42. The average molecular weight is 580 g/mol. The van der Waals surface area contributed by atoms with Crippen LogP contribution < -0.4 is 10.2 Å². The van der Waals surface area contributed by atoms with E-state index in [4.69, 9.17) is 0 Å². The summed E-state index contributed by atoms with van der Waals surface area (Å²) in [4.78, 5) is 45.6. The summed E-state index contributed by atoms with van der Waals surface area (Å²) in [6, 6.07) is 3.18. The van der Waals surface area contributed by atoms with Gasteiger partial charge in [0.15, 0.2) is 0 Å². The Labute approximate surface area is 235 Å². The highest BCUT2D eigenvalue weighted by Gasteiger charge is 2.28. The lowest BCUT2D eigenvalue weighted by molar-refractivity contribution is 0.102. The largest absolute Gasteiger partial charge is 0.326 e. The van der Waals surface area contributed by atoms with Gasteiger partial charge < -0.3 is 10.2 Å². The highest BCUT2D eigenvalue weighted by Crippen LogP contribution is 2.38. The number of hydrogen-bond donors (Lipinski definition) is 1. The van der Waals surface area contributed by atoms with E-state index in [1.165, 1.54) is 23.5 Å². The van der Waals surface area contributed by atoms with Gasteiger partial charge >= 0.3 is 6.03 Å². The normalized spacial score (nSPS) is 14.2. The summed E-state index contributed by atoms with van der Waals surface area (Å²) in [6.07, 6.45) is 9.29. The Morgan fingerprint density at radius 2 is 1.85 bits per heavy atom. The number of nitrogens with one attached hydrogen (secondary N) is 1. The molecule has 4 aromatic rings. The summed E-state index contributed by atoms with van der Waals surface area (Å²) in [5.41, 5.74) is 3.05. The molecule has 1 aliphatic rings. The van der Waals surface area contributed by atoms with Crippen LogP contribution in [-0.2, 0) is 0 Å². The summed E-state index contributed by atoms with van der Waals surface area (Å²) in [5.74, 6) is -0.547. The Kier molecular flexibility index (Phi) is 7.83. The predicted molar refractivity (Wildman–Crippen MR) is 156 cm³/mol. The Hall–Kier alpha value is -3.88. The molecule has 3 unspecified atom stereocenters. The SMILES string of the molecule is Cc1ccc(C(P)P)c(-c2cncc(C(=O)Nc3cnn(C(C)c4cnc(N5CCN(C)C5=O)nc4)c3)n2)c1F. The van der Waals surface area contributed by atoms with Crippen LogP contribution in [0.1, 0.15) is 45.5 Å². The number of hydrogen-bond acceptors (Lipinski definition) is 7. The van der Waals surface area contributed by atoms with Crippen molar-refractivity contribution in [3.05, 3.63) is 77.5 Å². The zero-order chi connectivity index (χ0) is 28.6. The molecular formula is C26H28FN9O2P2. The molecule has 3 amide bonds. The van der Waals surface area contributed by atoms with Crippen molar-refractivity contribution in [3.63, 3.8) is 0 Å². The minimum Gasteiger partial charge on any atom is -0.326 e. The Balaban J connectivity index is 1.31. The van der Waals surface area contributed by atoms with Crippen molar-refractivity contribution in [1.29, 1.82) is 0 Å². The molecule has 14 heteroatoms. The lowest BCUT2D eigenvalue weighted by Crippen LogP contribution is -2.30. The number of likely N-dealkylation sites (N-methyl/N-ethyl adjacent to an activating group) is 1. The summed E-state index contributed by atoms with van der Waals surface area (Å²) in [7, 11) is 6.98. The molecule has 1 aromatic carbocycles. The van der Waals surface area contributed by atoms with Crippen LogP contribution in [0.5, 0.6) is 0 Å². The van der Waals surface area contributed by atoms with Gasteiger partial charge in [0.05, 0.1) is 36.0 Å². The molecule has 1 aliphatic heterocycles. The minimum absolute atomic E-state index is 0.0420. The molecule has 40 heavy (non-hydrogen) atoms. The number of carbonyl (C=O) groups excluding carboxylic acids is 2. The van der Waals surface area contributed by atoms with E-state index in [2.05, 4.69) is 48.8 Å². The predicted octanol–water partition coefficient (Wildman–Crippen LogP) is 4.06. The van der Waals surface area contributed by atoms with Crippen molar-refractivity contribution in [2.24, 2.45) is 0 Å². The Morgan fingerprint density at radius 1 is 1.10 bits per heavy atom. The minimum atomic E-state index is -0.502. The van der Waals surface area contributed by atoms with Gasteiger partial charge in [-0.3, -0.25) is 19.4 Å². The van der Waals surface area contributed by atoms with Gasteiger partial charge in [-0.25, -0.2) is 24.1 Å². The molecule has 0 saturated carbocycles. The summed E-state index contributed by atoms with van der Waals surface area (Å²) < 4.78 is 16.8. The quantitative estimate of drug-likeness (QED) is 0.328. The maximum absolute atomic E-state index is 15.1. The third-order valence-electron chi connectivity index (χ3n) is 6.70. The first-order chi connectivity index (χ1) is 19.1. The topological polar surface area (TPSA) is 122 Å². The fourth-order valence-corrected chi connectivity index (χ4v) is 4.87. The van der Waals surface area contributed by atoms with Gasteiger partial charge in [0.25, 0.3) is 5.91 Å². The molecule has 1 N–H and O–H groups in total. The molecule has 4 heterocycles. The number of amides is 3. The zero-order valence-electron chi connectivity index (χ0n) is 22.1. The second-order valence-corrected chi connectivity index (χ2v) is 11.7. The number of aryl methyl sites for hydroxylation is 1. The molecule has 1 fully saturated rings. The molecule has 0 aliphatic carbocycles. The summed E-state index contributed by atoms with van der Waals surface area (Å²) >= 11 is 0. The van der Waals surface area contributed by atoms with Gasteiger partial charge in [0.2, 0.25) is 5.95 Å². The number of rotatable bonds is 7. The second kappa shape index (κ2) is 11.3. The zero-order valence-corrected chi connectivity index (χ0v) is 24.4. The van der Waals surface area contributed by atoms with E-state index in [1.807, 2.05) is 13.0 Å². The number of nitrogens with zero attached hydrogens (tertiary/aromatic N) is 8. The van der Waals surface area contributed by atoms with E-state index in [1.54, 1.807) is 48.2 Å². The number of carbonyl (C=O) groups is 2. The van der Waals surface area contributed by atoms with Crippen LogP contribution >= 0.6 is 18.5 Å². The first kappa shape index (κ1) is 27.7. The lowest BCUT2D eigenvalue weighted by atomic mass is 10.0. The number of urea groups is 1. The van der Waals surface area contributed by atoms with Gasteiger partial charge in [-0.05, 0) is 25.0 Å². The van der Waals surface area contributed by atoms with E-state index in [0.717, 1.165) is 11.1 Å². The molecule has 11 nitrogen and oxygen atoms in total. The van der Waals surface area contributed by atoms with Crippen molar-refractivity contribution in [3.8, 4) is 11.3 Å². The van der Waals surface area contributed by atoms with Crippen LogP contribution in [0.25, 0.3) is 11.3 Å². The van der Waals surface area contributed by atoms with Gasteiger partial charge in [-0.1, -0.05) is 12.1 Å². The van der Waals surface area contributed by atoms with Gasteiger partial charge in [0.1, 0.15) is 11.5 Å². The number of benzene rings is 1. The summed E-state index contributed by atoms with van der Waals surface area (Å²) in [6.45, 7) is 4.76. The third kappa shape index (κ3) is 5.42. The maximum Gasteiger partial charge on any atom is 0.326 e. The highest BCUT2D eigenvalue weighted by molar-refractivity contribution is 7.37. The number of aromatic nitrogens is 6. The highest BCUT2D eigenvalue weighted by atomic mass is 31.1. The van der Waals surface area contributed by atoms with Crippen molar-refractivity contribution >= 4 is 42.1 Å². The Morgan fingerprint density at radius 3 is 2.52 bits per heavy atom. The molecule has 206 valence electrons. The Bertz CT molecular complexity index is 1580. The molecule has 0 spiro atoms. The van der Waals surface area contributed by atoms with Gasteiger partial charge in [-0.2, -0.15) is 5.10 Å². The van der Waals surface area contributed by atoms with E-state index >= 15 is 4.39 Å². The first-order valence-electron chi connectivity index (χ1n) is 12.5. The molecular weight excluding hydrogens is 551 g/mol. The van der Waals surface area contributed by atoms with E-state index < -0.39 is 11.7 Å². The van der Waals surface area contributed by atoms with Crippen molar-refractivity contribution < 1.29 is 14.0 Å². The van der Waals surface area contributed by atoms with Crippen LogP contribution in [0.3, 0.4) is 0 Å². The van der Waals surface area contributed by atoms with Crippen LogP contribution in [0, 0.1) is 12.7 Å². The van der Waals surface area contributed by atoms with Crippen LogP contribution in [-0.4, -0.2) is 66.7 Å². The van der Waals surface area contributed by atoms with Crippen LogP contribution in [0.15, 0.2) is 49.3 Å². The lowest BCUT2D eigenvalue weighted by Gasteiger charge is -2.16. The number of anilines is 2. The van der Waals surface area contributed by atoms with Crippen LogP contribution in [0.2, 0.25) is 0 Å². The smallest absolute Gasteiger partial charge is 0.326 e. The number of halogens is 1.